The Bertz CT molecular complexity index is 774. The maximum atomic E-state index is 6.93. The van der Waals surface area contributed by atoms with Gasteiger partial charge < -0.3 is 4.43 Å². The van der Waals surface area contributed by atoms with Gasteiger partial charge >= 0.3 is 0 Å². The molecule has 2 heteroatoms. The van der Waals surface area contributed by atoms with Gasteiger partial charge in [-0.25, -0.2) is 0 Å². The van der Waals surface area contributed by atoms with E-state index in [1.807, 2.05) is 0 Å². The van der Waals surface area contributed by atoms with Crippen molar-refractivity contribution in [3.63, 3.8) is 0 Å². The van der Waals surface area contributed by atoms with Crippen LogP contribution < -0.4 is 5.19 Å². The number of benzene rings is 2. The second kappa shape index (κ2) is 8.16. The average Bonchev–Trinajstić information content (AvgIpc) is 2.68. The van der Waals surface area contributed by atoms with Gasteiger partial charge in [0.25, 0.3) is 0 Å². The lowest BCUT2D eigenvalue weighted by molar-refractivity contribution is 0.122. The molecule has 2 aromatic rings. The predicted octanol–water partition coefficient (Wildman–Crippen LogP) is 6.35. The first-order valence-electron chi connectivity index (χ1n) is 10.3. The fraction of sp³-hybridized carbons (Fsp3) is 0.440. The van der Waals surface area contributed by atoms with E-state index in [0.717, 1.165) is 19.3 Å². The summed E-state index contributed by atoms with van der Waals surface area (Å²) in [5, 5.41) is 1.39. The van der Waals surface area contributed by atoms with Crippen molar-refractivity contribution in [3.05, 3.63) is 77.4 Å². The Morgan fingerprint density at radius 3 is 2.15 bits per heavy atom. The molecule has 1 unspecified atom stereocenters. The first-order chi connectivity index (χ1) is 12.9. The van der Waals surface area contributed by atoms with Crippen molar-refractivity contribution in [1.82, 2.24) is 0 Å². The van der Waals surface area contributed by atoms with Crippen LogP contribution in [-0.2, 0) is 9.84 Å². The Labute approximate surface area is 166 Å². The molecule has 1 nitrogen and oxygen atoms in total. The number of allylic oxidation sites excluding steroid dienone is 1. The van der Waals surface area contributed by atoms with Gasteiger partial charge in [-0.05, 0) is 63.4 Å². The van der Waals surface area contributed by atoms with Gasteiger partial charge in [0.2, 0.25) is 8.32 Å². The summed E-state index contributed by atoms with van der Waals surface area (Å²) in [4.78, 5) is 0. The molecule has 1 aliphatic rings. The molecule has 3 rings (SSSR count). The zero-order valence-corrected chi connectivity index (χ0v) is 18.6. The summed E-state index contributed by atoms with van der Waals surface area (Å²) < 4.78 is 6.93. The van der Waals surface area contributed by atoms with E-state index in [1.165, 1.54) is 22.7 Å². The molecule has 1 aliphatic carbocycles. The molecule has 144 valence electrons. The van der Waals surface area contributed by atoms with Crippen molar-refractivity contribution in [2.45, 2.75) is 71.1 Å². The third kappa shape index (κ3) is 4.44. The minimum atomic E-state index is -1.93. The van der Waals surface area contributed by atoms with E-state index < -0.39 is 8.32 Å². The average molecular weight is 379 g/mol. The van der Waals surface area contributed by atoms with Crippen LogP contribution in [0.1, 0.15) is 52.0 Å². The lowest BCUT2D eigenvalue weighted by Gasteiger charge is -2.45. The van der Waals surface area contributed by atoms with Crippen LogP contribution in [-0.4, -0.2) is 14.4 Å². The smallest absolute Gasteiger partial charge is 0.218 e. The summed E-state index contributed by atoms with van der Waals surface area (Å²) >= 11 is 0. The van der Waals surface area contributed by atoms with Gasteiger partial charge in [0, 0.05) is 11.5 Å². The highest BCUT2D eigenvalue weighted by atomic mass is 28.4. The molecular formula is C25H34OSi. The normalized spacial score (nSPS) is 23.3. The summed E-state index contributed by atoms with van der Waals surface area (Å²) in [5.41, 5.74) is 4.72. The number of hydrogen-bond donors (Lipinski definition) is 0. The zero-order chi connectivity index (χ0) is 19.5. The standard InChI is InChI=1S/C25H34OSi/c1-6-25(22-13-9-7-10-14-22)18-21(20(2)3)17-23(19-25)26-27(4,5)24-15-11-8-12-16-24/h7-16,23H,6,17-19H2,1-5H3/t23?,25-/m1/s1. The van der Waals surface area contributed by atoms with E-state index in [4.69, 9.17) is 4.43 Å². The van der Waals surface area contributed by atoms with Gasteiger partial charge in [-0.3, -0.25) is 0 Å². The molecule has 0 bridgehead atoms. The van der Waals surface area contributed by atoms with E-state index >= 15 is 0 Å². The van der Waals surface area contributed by atoms with Crippen LogP contribution in [0.25, 0.3) is 0 Å². The molecule has 2 atom stereocenters. The Kier molecular flexibility index (Phi) is 6.07. The van der Waals surface area contributed by atoms with Gasteiger partial charge in [-0.2, -0.15) is 0 Å². The highest BCUT2D eigenvalue weighted by Crippen LogP contribution is 2.46. The van der Waals surface area contributed by atoms with E-state index in [9.17, 15) is 0 Å². The highest BCUT2D eigenvalue weighted by Gasteiger charge is 2.41. The minimum absolute atomic E-state index is 0.192. The summed E-state index contributed by atoms with van der Waals surface area (Å²) in [7, 11) is -1.93. The molecule has 0 saturated heterocycles. The molecule has 1 saturated carbocycles. The Hall–Kier alpha value is -1.64. The zero-order valence-electron chi connectivity index (χ0n) is 17.6. The van der Waals surface area contributed by atoms with Crippen molar-refractivity contribution in [2.24, 2.45) is 0 Å². The predicted molar refractivity (Wildman–Crippen MR) is 119 cm³/mol. The van der Waals surface area contributed by atoms with Crippen molar-refractivity contribution in [2.75, 3.05) is 0 Å². The molecule has 27 heavy (non-hydrogen) atoms. The quantitative estimate of drug-likeness (QED) is 0.435. The van der Waals surface area contributed by atoms with Crippen molar-refractivity contribution in [3.8, 4) is 0 Å². The van der Waals surface area contributed by atoms with Crippen LogP contribution in [0.2, 0.25) is 13.1 Å². The molecule has 2 aromatic carbocycles. The van der Waals surface area contributed by atoms with Crippen molar-refractivity contribution in [1.29, 1.82) is 0 Å². The summed E-state index contributed by atoms with van der Waals surface area (Å²) in [6, 6.07) is 21.9. The van der Waals surface area contributed by atoms with E-state index in [-0.39, 0.29) is 5.41 Å². The maximum absolute atomic E-state index is 6.93. The SMILES string of the molecule is CC[C@@]1(c2ccccc2)CC(=C(C)C)CC(O[Si](C)(C)c2ccccc2)C1. The van der Waals surface area contributed by atoms with Crippen molar-refractivity contribution >= 4 is 13.5 Å². The Morgan fingerprint density at radius 2 is 1.59 bits per heavy atom. The Balaban J connectivity index is 1.93. The van der Waals surface area contributed by atoms with E-state index in [0.29, 0.717) is 6.10 Å². The van der Waals surface area contributed by atoms with Crippen LogP contribution in [0.15, 0.2) is 71.8 Å². The maximum Gasteiger partial charge on any atom is 0.218 e. The van der Waals surface area contributed by atoms with Crippen molar-refractivity contribution < 1.29 is 4.43 Å². The fourth-order valence-electron chi connectivity index (χ4n) is 4.61. The molecule has 0 amide bonds. The molecule has 0 spiro atoms. The lowest BCUT2D eigenvalue weighted by Crippen LogP contribution is -2.50. The van der Waals surface area contributed by atoms with Gasteiger partial charge in [0.1, 0.15) is 0 Å². The van der Waals surface area contributed by atoms with Crippen LogP contribution in [0.4, 0.5) is 0 Å². The van der Waals surface area contributed by atoms with Gasteiger partial charge in [0.05, 0.1) is 0 Å². The van der Waals surface area contributed by atoms with Gasteiger partial charge in [-0.15, -0.1) is 0 Å². The minimum Gasteiger partial charge on any atom is -0.410 e. The molecule has 0 radical (unpaired) electrons. The number of hydrogen-bond acceptors (Lipinski definition) is 1. The topological polar surface area (TPSA) is 9.23 Å². The van der Waals surface area contributed by atoms with Crippen LogP contribution in [0.5, 0.6) is 0 Å². The Morgan fingerprint density at radius 1 is 1.00 bits per heavy atom. The second-order valence-corrected chi connectivity index (χ2v) is 12.6. The molecule has 0 N–H and O–H groups in total. The van der Waals surface area contributed by atoms with Crippen LogP contribution in [0, 0.1) is 0 Å². The van der Waals surface area contributed by atoms with Gasteiger partial charge in [-0.1, -0.05) is 78.7 Å². The summed E-state index contributed by atoms with van der Waals surface area (Å²) in [5.74, 6) is 0. The monoisotopic (exact) mass is 378 g/mol. The molecule has 1 fully saturated rings. The third-order valence-corrected chi connectivity index (χ3v) is 8.99. The summed E-state index contributed by atoms with van der Waals surface area (Å²) in [6.45, 7) is 11.6. The summed E-state index contributed by atoms with van der Waals surface area (Å²) in [6.07, 6.45) is 4.82. The van der Waals surface area contributed by atoms with E-state index in [2.05, 4.69) is 94.5 Å². The fourth-order valence-corrected chi connectivity index (χ4v) is 6.74. The largest absolute Gasteiger partial charge is 0.410 e. The van der Waals surface area contributed by atoms with E-state index in [1.54, 1.807) is 5.57 Å². The molecular weight excluding hydrogens is 344 g/mol. The van der Waals surface area contributed by atoms with Crippen LogP contribution >= 0.6 is 0 Å². The van der Waals surface area contributed by atoms with Crippen LogP contribution in [0.3, 0.4) is 0 Å². The second-order valence-electron chi connectivity index (χ2n) is 8.80. The first kappa shape index (κ1) is 20.1. The molecule has 0 aromatic heterocycles. The molecule has 0 heterocycles. The number of rotatable bonds is 5. The highest BCUT2D eigenvalue weighted by molar-refractivity contribution is 6.84. The first-order valence-corrected chi connectivity index (χ1v) is 13.2. The lowest BCUT2D eigenvalue weighted by atomic mass is 9.65. The van der Waals surface area contributed by atoms with Gasteiger partial charge in [0.15, 0.2) is 0 Å². The third-order valence-electron chi connectivity index (χ3n) is 6.34. The molecule has 0 aliphatic heterocycles.